The Balaban J connectivity index is 2.61. The van der Waals surface area contributed by atoms with E-state index in [0.29, 0.717) is 5.56 Å². The molecule has 0 saturated carbocycles. The van der Waals surface area contributed by atoms with E-state index in [1.54, 1.807) is 18.2 Å². The molecule has 1 N–H and O–H groups in total. The second-order valence-corrected chi connectivity index (χ2v) is 5.59. The molecule has 1 atom stereocenters. The predicted octanol–water partition coefficient (Wildman–Crippen LogP) is 3.41. The second-order valence-electron chi connectivity index (χ2n) is 5.59. The third-order valence-electron chi connectivity index (χ3n) is 4.24. The number of nitro benzene ring substituents is 1. The average Bonchev–Trinajstić information content (AvgIpc) is 2.52. The number of carbonyl (C=O) groups excluding carboxylic acids is 1. The Morgan fingerprint density at radius 2 is 1.91 bits per heavy atom. The van der Waals surface area contributed by atoms with Crippen molar-refractivity contribution in [2.24, 2.45) is 0 Å². The Morgan fingerprint density at radius 1 is 1.26 bits per heavy atom. The van der Waals surface area contributed by atoms with Gasteiger partial charge in [0.2, 0.25) is 0 Å². The molecule has 23 heavy (non-hydrogen) atoms. The maximum Gasteiger partial charge on any atom is 0.309 e. The van der Waals surface area contributed by atoms with Gasteiger partial charge in [-0.05, 0) is 31.9 Å². The topological polar surface area (TPSA) is 81.5 Å². The van der Waals surface area contributed by atoms with Crippen LogP contribution in [0.5, 0.6) is 0 Å². The fourth-order valence-corrected chi connectivity index (χ4v) is 2.94. The first-order valence-corrected chi connectivity index (χ1v) is 7.31. The number of para-hydroxylation sites is 1. The summed E-state index contributed by atoms with van der Waals surface area (Å²) in [5.74, 6) is -0.672. The van der Waals surface area contributed by atoms with Gasteiger partial charge in [-0.1, -0.05) is 18.2 Å². The van der Waals surface area contributed by atoms with Crippen molar-refractivity contribution in [1.29, 1.82) is 0 Å². The SMILES string of the molecule is COC(=O)CC1=C(C)NC(C)=C(C)C1c1ccccc1[N+](=O)[O-]. The summed E-state index contributed by atoms with van der Waals surface area (Å²) in [6, 6.07) is 6.66. The minimum absolute atomic E-state index is 0.0571. The summed E-state index contributed by atoms with van der Waals surface area (Å²) in [6.45, 7) is 5.72. The number of dihydropyridines is 1. The standard InChI is InChI=1S/C17H20N2O4/c1-10-11(2)18-12(3)14(9-16(20)23-4)17(10)13-7-5-6-8-15(13)19(21)22/h5-8,17-18H,9H2,1-4H3. The van der Waals surface area contributed by atoms with Crippen LogP contribution in [-0.4, -0.2) is 18.0 Å². The molecule has 1 heterocycles. The van der Waals surface area contributed by atoms with Gasteiger partial charge in [0, 0.05) is 28.9 Å². The fraction of sp³-hybridized carbons (Fsp3) is 0.353. The van der Waals surface area contributed by atoms with Gasteiger partial charge < -0.3 is 10.1 Å². The highest BCUT2D eigenvalue weighted by Crippen LogP contribution is 2.42. The van der Waals surface area contributed by atoms with E-state index in [1.165, 1.54) is 13.2 Å². The van der Waals surface area contributed by atoms with Gasteiger partial charge >= 0.3 is 5.97 Å². The molecular weight excluding hydrogens is 296 g/mol. The second kappa shape index (κ2) is 6.64. The van der Waals surface area contributed by atoms with Crippen molar-refractivity contribution in [3.63, 3.8) is 0 Å². The molecule has 122 valence electrons. The lowest BCUT2D eigenvalue weighted by atomic mass is 9.79. The fourth-order valence-electron chi connectivity index (χ4n) is 2.94. The van der Waals surface area contributed by atoms with Gasteiger partial charge in [-0.15, -0.1) is 0 Å². The Morgan fingerprint density at radius 3 is 2.52 bits per heavy atom. The molecule has 0 radical (unpaired) electrons. The zero-order valence-corrected chi connectivity index (χ0v) is 13.7. The summed E-state index contributed by atoms with van der Waals surface area (Å²) in [5, 5.41) is 14.6. The molecule has 1 aromatic rings. The third-order valence-corrected chi connectivity index (χ3v) is 4.24. The van der Waals surface area contributed by atoms with Crippen LogP contribution in [0.3, 0.4) is 0 Å². The first kappa shape index (κ1) is 16.7. The van der Waals surface area contributed by atoms with Crippen LogP contribution in [-0.2, 0) is 9.53 Å². The van der Waals surface area contributed by atoms with Gasteiger partial charge in [0.05, 0.1) is 18.5 Å². The van der Waals surface area contributed by atoms with Crippen molar-refractivity contribution < 1.29 is 14.5 Å². The molecule has 2 rings (SSSR count). The number of nitrogens with zero attached hydrogens (tertiary/aromatic N) is 1. The third kappa shape index (κ3) is 3.26. The molecule has 0 fully saturated rings. The Labute approximate surface area is 135 Å². The van der Waals surface area contributed by atoms with Gasteiger partial charge in [0.1, 0.15) is 0 Å². The van der Waals surface area contributed by atoms with Crippen LogP contribution in [0.4, 0.5) is 5.69 Å². The molecule has 1 aromatic carbocycles. The molecule has 0 aromatic heterocycles. The monoisotopic (exact) mass is 316 g/mol. The molecule has 0 amide bonds. The quantitative estimate of drug-likeness (QED) is 0.523. The van der Waals surface area contributed by atoms with Crippen molar-refractivity contribution >= 4 is 11.7 Å². The average molecular weight is 316 g/mol. The normalized spacial score (nSPS) is 17.8. The first-order chi connectivity index (χ1) is 10.9. The van der Waals surface area contributed by atoms with Crippen molar-refractivity contribution in [2.45, 2.75) is 33.1 Å². The van der Waals surface area contributed by atoms with Gasteiger partial charge in [-0.25, -0.2) is 0 Å². The molecule has 0 bridgehead atoms. The number of benzene rings is 1. The molecule has 0 spiro atoms. The number of nitrogens with one attached hydrogen (secondary N) is 1. The maximum absolute atomic E-state index is 11.8. The van der Waals surface area contributed by atoms with Crippen LogP contribution in [0.1, 0.15) is 38.7 Å². The molecule has 6 nitrogen and oxygen atoms in total. The Hall–Kier alpha value is -2.63. The van der Waals surface area contributed by atoms with Crippen molar-refractivity contribution in [3.05, 3.63) is 62.5 Å². The van der Waals surface area contributed by atoms with Crippen LogP contribution in [0, 0.1) is 10.1 Å². The molecule has 1 unspecified atom stereocenters. The number of hydrogen-bond donors (Lipinski definition) is 1. The van der Waals surface area contributed by atoms with Crippen LogP contribution in [0.2, 0.25) is 0 Å². The van der Waals surface area contributed by atoms with E-state index in [-0.39, 0.29) is 28.9 Å². The highest BCUT2D eigenvalue weighted by atomic mass is 16.6. The molecule has 0 saturated heterocycles. The van der Waals surface area contributed by atoms with Crippen LogP contribution >= 0.6 is 0 Å². The highest BCUT2D eigenvalue weighted by Gasteiger charge is 2.32. The summed E-state index contributed by atoms with van der Waals surface area (Å²) in [7, 11) is 1.34. The number of rotatable bonds is 4. The van der Waals surface area contributed by atoms with E-state index >= 15 is 0 Å². The lowest BCUT2D eigenvalue weighted by Gasteiger charge is -2.30. The summed E-state index contributed by atoms with van der Waals surface area (Å²) in [4.78, 5) is 22.8. The molecule has 0 aliphatic carbocycles. The number of ether oxygens (including phenoxy) is 1. The molecule has 1 aliphatic rings. The number of carbonyl (C=O) groups is 1. The number of esters is 1. The van der Waals surface area contributed by atoms with Crippen LogP contribution < -0.4 is 5.32 Å². The van der Waals surface area contributed by atoms with Gasteiger partial charge in [-0.2, -0.15) is 0 Å². The van der Waals surface area contributed by atoms with Gasteiger partial charge in [-0.3, -0.25) is 14.9 Å². The van der Waals surface area contributed by atoms with E-state index < -0.39 is 0 Å². The lowest BCUT2D eigenvalue weighted by molar-refractivity contribution is -0.385. The van der Waals surface area contributed by atoms with Crippen molar-refractivity contribution in [3.8, 4) is 0 Å². The zero-order chi connectivity index (χ0) is 17.1. The van der Waals surface area contributed by atoms with Crippen LogP contribution in [0.25, 0.3) is 0 Å². The van der Waals surface area contributed by atoms with Crippen molar-refractivity contribution in [2.75, 3.05) is 7.11 Å². The first-order valence-electron chi connectivity index (χ1n) is 7.31. The number of nitro groups is 1. The minimum Gasteiger partial charge on any atom is -0.469 e. The molecule has 1 aliphatic heterocycles. The number of hydrogen-bond acceptors (Lipinski definition) is 5. The molecule has 6 heteroatoms. The van der Waals surface area contributed by atoms with Crippen LogP contribution in [0.15, 0.2) is 46.8 Å². The molecular formula is C17H20N2O4. The van der Waals surface area contributed by atoms with E-state index in [9.17, 15) is 14.9 Å². The van der Waals surface area contributed by atoms with E-state index in [4.69, 9.17) is 4.74 Å². The number of methoxy groups -OCH3 is 1. The lowest BCUT2D eigenvalue weighted by Crippen LogP contribution is -2.25. The highest BCUT2D eigenvalue weighted by molar-refractivity contribution is 5.74. The zero-order valence-electron chi connectivity index (χ0n) is 13.7. The Bertz CT molecular complexity index is 719. The minimum atomic E-state index is -0.384. The van der Waals surface area contributed by atoms with E-state index in [1.807, 2.05) is 20.8 Å². The van der Waals surface area contributed by atoms with E-state index in [0.717, 1.165) is 22.5 Å². The summed E-state index contributed by atoms with van der Waals surface area (Å²) in [6.07, 6.45) is 0.0939. The van der Waals surface area contributed by atoms with Crippen molar-refractivity contribution in [1.82, 2.24) is 5.32 Å². The van der Waals surface area contributed by atoms with E-state index in [2.05, 4.69) is 5.32 Å². The summed E-state index contributed by atoms with van der Waals surface area (Å²) >= 11 is 0. The largest absolute Gasteiger partial charge is 0.469 e. The smallest absolute Gasteiger partial charge is 0.309 e. The number of allylic oxidation sites excluding steroid dienone is 3. The summed E-state index contributed by atoms with van der Waals surface area (Å²) in [5.41, 5.74) is 4.19. The predicted molar refractivity (Wildman–Crippen MR) is 86.7 cm³/mol. The van der Waals surface area contributed by atoms with Gasteiger partial charge in [0.25, 0.3) is 5.69 Å². The Kier molecular flexibility index (Phi) is 4.83. The maximum atomic E-state index is 11.8. The van der Waals surface area contributed by atoms with Gasteiger partial charge in [0.15, 0.2) is 0 Å². The summed E-state index contributed by atoms with van der Waals surface area (Å²) < 4.78 is 4.77.